The fourth-order valence-corrected chi connectivity index (χ4v) is 5.02. The van der Waals surface area contributed by atoms with E-state index in [4.69, 9.17) is 4.74 Å². The minimum atomic E-state index is -3.57. The van der Waals surface area contributed by atoms with Crippen molar-refractivity contribution in [2.24, 2.45) is 0 Å². The van der Waals surface area contributed by atoms with Crippen molar-refractivity contribution in [2.45, 2.75) is 30.6 Å². The average Bonchev–Trinajstić information content (AvgIpc) is 3.13. The fraction of sp³-hybridized carbons (Fsp3) is 0.579. The highest BCUT2D eigenvalue weighted by Crippen LogP contribution is 2.21. The summed E-state index contributed by atoms with van der Waals surface area (Å²) in [6.45, 7) is 2.74. The number of amides is 2. The lowest BCUT2D eigenvalue weighted by Gasteiger charge is -2.34. The van der Waals surface area contributed by atoms with Gasteiger partial charge in [-0.05, 0) is 37.1 Å². The second-order valence-corrected chi connectivity index (χ2v) is 8.99. The Bertz CT molecular complexity index is 801. The highest BCUT2D eigenvalue weighted by molar-refractivity contribution is 7.89. The van der Waals surface area contributed by atoms with Gasteiger partial charge in [-0.15, -0.1) is 0 Å². The molecule has 2 heterocycles. The normalized spacial score (nSPS) is 18.5. The third kappa shape index (κ3) is 4.64. The standard InChI is InChI=1S/C19H27N3O5S/c1-27-16-6-8-17(9-7-16)28(25,26)22-14-12-21(13-15-22)19(24)5-3-11-20-10-2-4-18(20)23/h6-9H,2-5,10-15H2,1H3. The first kappa shape index (κ1) is 20.6. The smallest absolute Gasteiger partial charge is 0.243 e. The van der Waals surface area contributed by atoms with Gasteiger partial charge in [0, 0.05) is 52.1 Å². The van der Waals surface area contributed by atoms with Crippen molar-refractivity contribution in [3.63, 3.8) is 0 Å². The minimum absolute atomic E-state index is 0.0214. The Hall–Kier alpha value is -2.13. The van der Waals surface area contributed by atoms with Crippen LogP contribution in [0.1, 0.15) is 25.7 Å². The molecular weight excluding hydrogens is 382 g/mol. The first-order valence-corrected chi connectivity index (χ1v) is 11.1. The first-order chi connectivity index (χ1) is 13.4. The van der Waals surface area contributed by atoms with Crippen LogP contribution in [0.5, 0.6) is 5.75 Å². The molecule has 2 fully saturated rings. The van der Waals surface area contributed by atoms with Gasteiger partial charge in [-0.1, -0.05) is 0 Å². The Kier molecular flexibility index (Phi) is 6.56. The Labute approximate surface area is 166 Å². The third-order valence-electron chi connectivity index (χ3n) is 5.28. The molecule has 0 bridgehead atoms. The Morgan fingerprint density at radius 1 is 1.07 bits per heavy atom. The summed E-state index contributed by atoms with van der Waals surface area (Å²) in [5.74, 6) is 0.794. The molecule has 0 atom stereocenters. The monoisotopic (exact) mass is 409 g/mol. The maximum absolute atomic E-state index is 12.8. The van der Waals surface area contributed by atoms with Crippen LogP contribution in [-0.4, -0.2) is 80.7 Å². The van der Waals surface area contributed by atoms with E-state index in [2.05, 4.69) is 0 Å². The van der Waals surface area contributed by atoms with Crippen LogP contribution < -0.4 is 4.74 Å². The van der Waals surface area contributed by atoms with Crippen molar-refractivity contribution >= 4 is 21.8 Å². The number of likely N-dealkylation sites (tertiary alicyclic amines) is 1. The van der Waals surface area contributed by atoms with Crippen LogP contribution in [0.15, 0.2) is 29.2 Å². The minimum Gasteiger partial charge on any atom is -0.497 e. The number of ether oxygens (including phenoxy) is 1. The maximum atomic E-state index is 12.8. The summed E-state index contributed by atoms with van der Waals surface area (Å²) in [7, 11) is -2.04. The molecule has 0 spiro atoms. The Morgan fingerprint density at radius 2 is 1.75 bits per heavy atom. The highest BCUT2D eigenvalue weighted by Gasteiger charge is 2.30. The van der Waals surface area contributed by atoms with Crippen molar-refractivity contribution in [1.82, 2.24) is 14.1 Å². The van der Waals surface area contributed by atoms with Crippen molar-refractivity contribution in [1.29, 1.82) is 0 Å². The van der Waals surface area contributed by atoms with Crippen molar-refractivity contribution < 1.29 is 22.7 Å². The molecule has 0 N–H and O–H groups in total. The van der Waals surface area contributed by atoms with Crippen molar-refractivity contribution in [3.05, 3.63) is 24.3 Å². The van der Waals surface area contributed by atoms with Crippen LogP contribution in [0.4, 0.5) is 0 Å². The van der Waals surface area contributed by atoms with E-state index in [1.54, 1.807) is 17.0 Å². The van der Waals surface area contributed by atoms with Crippen LogP contribution in [0.3, 0.4) is 0 Å². The summed E-state index contributed by atoms with van der Waals surface area (Å²) in [4.78, 5) is 27.7. The lowest BCUT2D eigenvalue weighted by atomic mass is 10.2. The van der Waals surface area contributed by atoms with Crippen LogP contribution in [0.25, 0.3) is 0 Å². The van der Waals surface area contributed by atoms with Gasteiger partial charge in [-0.25, -0.2) is 8.42 Å². The fourth-order valence-electron chi connectivity index (χ4n) is 3.59. The summed E-state index contributed by atoms with van der Waals surface area (Å²) in [6, 6.07) is 6.31. The van der Waals surface area contributed by atoms with Gasteiger partial charge in [0.25, 0.3) is 0 Å². The number of rotatable bonds is 7. The summed E-state index contributed by atoms with van der Waals surface area (Å²) in [5, 5.41) is 0. The van der Waals surface area contributed by atoms with E-state index in [-0.39, 0.29) is 29.8 Å². The molecule has 0 saturated carbocycles. The van der Waals surface area contributed by atoms with Gasteiger partial charge >= 0.3 is 0 Å². The number of methoxy groups -OCH3 is 1. The number of carbonyl (C=O) groups excluding carboxylic acids is 2. The van der Waals surface area contributed by atoms with Gasteiger partial charge in [0.1, 0.15) is 5.75 Å². The summed E-state index contributed by atoms with van der Waals surface area (Å²) >= 11 is 0. The molecule has 0 unspecified atom stereocenters. The van der Waals surface area contributed by atoms with Gasteiger partial charge in [0.05, 0.1) is 12.0 Å². The zero-order valence-corrected chi connectivity index (χ0v) is 17.0. The van der Waals surface area contributed by atoms with E-state index >= 15 is 0 Å². The van der Waals surface area contributed by atoms with Crippen molar-refractivity contribution in [3.8, 4) is 5.75 Å². The molecule has 2 aliphatic heterocycles. The van der Waals surface area contributed by atoms with E-state index < -0.39 is 10.0 Å². The molecule has 28 heavy (non-hydrogen) atoms. The first-order valence-electron chi connectivity index (χ1n) is 9.61. The molecule has 0 aliphatic carbocycles. The molecule has 2 aliphatic rings. The van der Waals surface area contributed by atoms with E-state index in [9.17, 15) is 18.0 Å². The third-order valence-corrected chi connectivity index (χ3v) is 7.19. The van der Waals surface area contributed by atoms with Crippen LogP contribution in [-0.2, 0) is 19.6 Å². The van der Waals surface area contributed by atoms with E-state index in [0.717, 1.165) is 13.0 Å². The molecule has 0 aromatic heterocycles. The molecular formula is C19H27N3O5S. The van der Waals surface area contributed by atoms with E-state index in [1.165, 1.54) is 23.5 Å². The van der Waals surface area contributed by atoms with Gasteiger partial charge < -0.3 is 14.5 Å². The summed E-state index contributed by atoms with van der Waals surface area (Å²) in [5.41, 5.74) is 0. The zero-order valence-electron chi connectivity index (χ0n) is 16.2. The number of hydrogen-bond acceptors (Lipinski definition) is 5. The largest absolute Gasteiger partial charge is 0.497 e. The lowest BCUT2D eigenvalue weighted by molar-refractivity contribution is -0.133. The van der Waals surface area contributed by atoms with Crippen LogP contribution in [0, 0.1) is 0 Å². The number of carbonyl (C=O) groups is 2. The molecule has 8 nitrogen and oxygen atoms in total. The van der Waals surface area contributed by atoms with Gasteiger partial charge in [0.15, 0.2) is 0 Å². The van der Waals surface area contributed by atoms with Crippen LogP contribution >= 0.6 is 0 Å². The molecule has 9 heteroatoms. The van der Waals surface area contributed by atoms with Gasteiger partial charge in [0.2, 0.25) is 21.8 Å². The topological polar surface area (TPSA) is 87.2 Å². The highest BCUT2D eigenvalue weighted by atomic mass is 32.2. The number of piperazine rings is 1. The molecule has 0 radical (unpaired) electrons. The zero-order chi connectivity index (χ0) is 20.1. The lowest BCUT2D eigenvalue weighted by Crippen LogP contribution is -2.50. The molecule has 1 aromatic rings. The number of sulfonamides is 1. The molecule has 1 aromatic carbocycles. The van der Waals surface area contributed by atoms with Gasteiger partial charge in [-0.3, -0.25) is 9.59 Å². The van der Waals surface area contributed by atoms with Gasteiger partial charge in [-0.2, -0.15) is 4.31 Å². The average molecular weight is 410 g/mol. The Balaban J connectivity index is 1.47. The number of benzene rings is 1. The second-order valence-electron chi connectivity index (χ2n) is 7.05. The molecule has 154 valence electrons. The predicted molar refractivity (Wildman–Crippen MR) is 103 cm³/mol. The second kappa shape index (κ2) is 8.91. The number of nitrogens with zero attached hydrogens (tertiary/aromatic N) is 3. The SMILES string of the molecule is COc1ccc(S(=O)(=O)N2CCN(C(=O)CCCN3CCCC3=O)CC2)cc1. The van der Waals surface area contributed by atoms with E-state index in [1.807, 2.05) is 4.90 Å². The summed E-state index contributed by atoms with van der Waals surface area (Å²) < 4.78 is 32.0. The number of hydrogen-bond donors (Lipinski definition) is 0. The molecule has 2 saturated heterocycles. The van der Waals surface area contributed by atoms with Crippen LogP contribution in [0.2, 0.25) is 0 Å². The van der Waals surface area contributed by atoms with Crippen molar-refractivity contribution in [2.75, 3.05) is 46.4 Å². The molecule has 2 amide bonds. The van der Waals surface area contributed by atoms with E-state index in [0.29, 0.717) is 44.6 Å². The predicted octanol–water partition coefficient (Wildman–Crippen LogP) is 0.931. The quantitative estimate of drug-likeness (QED) is 0.669. The summed E-state index contributed by atoms with van der Waals surface area (Å²) in [6.07, 6.45) is 2.54. The maximum Gasteiger partial charge on any atom is 0.243 e. The molecule has 3 rings (SSSR count). The Morgan fingerprint density at radius 3 is 2.32 bits per heavy atom.